The molecule has 0 spiro atoms. The maximum Gasteiger partial charge on any atom is 0.257 e. The van der Waals surface area contributed by atoms with Crippen molar-refractivity contribution >= 4 is 68.4 Å². The number of anilines is 6. The maximum atomic E-state index is 7.75. The van der Waals surface area contributed by atoms with Gasteiger partial charge in [-0.3, -0.25) is 4.90 Å². The van der Waals surface area contributed by atoms with Gasteiger partial charge in [0.05, 0.1) is 0 Å². The van der Waals surface area contributed by atoms with Crippen molar-refractivity contribution in [3.05, 3.63) is 148 Å². The number of hydrogen-bond donors (Lipinski definition) is 0. The Labute approximate surface area is 444 Å². The third kappa shape index (κ3) is 6.83. The molecule has 7 aromatic rings. The van der Waals surface area contributed by atoms with Gasteiger partial charge in [0.1, 0.15) is 5.58 Å². The minimum Gasteiger partial charge on any atom is -0.440 e. The van der Waals surface area contributed by atoms with Crippen molar-refractivity contribution in [3.8, 4) is 11.1 Å². The standard InChI is InChI=1S/C70H81BN2O/c1-63(2)26-28-65(5,6)49-36-44(22-24-47(49)63)72-56-40-53-52(68(11,12)31-32-69(53,13)14)39-55(56)71-60-46-38-51-54(70(15,16)33-30-67(51,9)10)41-59(46)74-62(60)73(45-23-25-48-50(37-45)66(7,8)29-27-64(48,3)4)58-35-43(34-57(72)61(58)71)42-20-18-17-19-21-42/h17-25,34-41H,26-33H2,1-16H3. The first kappa shape index (κ1) is 48.2. The fourth-order valence-corrected chi connectivity index (χ4v) is 15.4. The highest BCUT2D eigenvalue weighted by Crippen LogP contribution is 2.56. The van der Waals surface area contributed by atoms with E-state index < -0.39 is 0 Å². The maximum absolute atomic E-state index is 7.75. The summed E-state index contributed by atoms with van der Waals surface area (Å²) in [5.41, 5.74) is 25.9. The zero-order chi connectivity index (χ0) is 52.2. The summed E-state index contributed by atoms with van der Waals surface area (Å²) in [5.74, 6) is 0.967. The highest BCUT2D eigenvalue weighted by atomic mass is 16.4. The van der Waals surface area contributed by atoms with Gasteiger partial charge in [0.15, 0.2) is 0 Å². The lowest BCUT2D eigenvalue weighted by atomic mass is 9.33. The summed E-state index contributed by atoms with van der Waals surface area (Å²) < 4.78 is 7.75. The molecule has 0 saturated carbocycles. The van der Waals surface area contributed by atoms with E-state index in [1.54, 1.807) is 0 Å². The Hall–Kier alpha value is -5.48. The summed E-state index contributed by atoms with van der Waals surface area (Å²) in [5, 5.41) is 1.26. The first-order valence-electron chi connectivity index (χ1n) is 28.5. The van der Waals surface area contributed by atoms with Crippen LogP contribution in [-0.2, 0) is 43.3 Å². The molecule has 3 nitrogen and oxygen atoms in total. The van der Waals surface area contributed by atoms with Crippen LogP contribution >= 0.6 is 0 Å². The highest BCUT2D eigenvalue weighted by Gasteiger charge is 2.51. The van der Waals surface area contributed by atoms with Crippen LogP contribution in [0.15, 0.2) is 108 Å². The van der Waals surface area contributed by atoms with Crippen LogP contribution in [0.2, 0.25) is 0 Å². The van der Waals surface area contributed by atoms with E-state index in [1.165, 1.54) is 125 Å². The highest BCUT2D eigenvalue weighted by molar-refractivity contribution is 7.01. The molecule has 6 aliphatic rings. The van der Waals surface area contributed by atoms with E-state index in [0.29, 0.717) is 0 Å². The van der Waals surface area contributed by atoms with Crippen molar-refractivity contribution in [2.45, 2.75) is 205 Å². The Morgan fingerprint density at radius 2 is 0.757 bits per heavy atom. The van der Waals surface area contributed by atoms with Crippen molar-refractivity contribution in [2.75, 3.05) is 9.80 Å². The fourth-order valence-electron chi connectivity index (χ4n) is 15.4. The summed E-state index contributed by atoms with van der Waals surface area (Å²) in [4.78, 5) is 5.31. The molecule has 6 aromatic carbocycles. The predicted molar refractivity (Wildman–Crippen MR) is 317 cm³/mol. The van der Waals surface area contributed by atoms with Gasteiger partial charge in [0.2, 0.25) is 5.88 Å². The van der Waals surface area contributed by atoms with Crippen LogP contribution in [0.25, 0.3) is 22.1 Å². The van der Waals surface area contributed by atoms with E-state index in [4.69, 9.17) is 4.42 Å². The molecule has 0 amide bonds. The van der Waals surface area contributed by atoms with Crippen LogP contribution < -0.4 is 26.2 Å². The quantitative estimate of drug-likeness (QED) is 0.165. The van der Waals surface area contributed by atoms with Gasteiger partial charge < -0.3 is 9.32 Å². The van der Waals surface area contributed by atoms with Crippen molar-refractivity contribution in [2.24, 2.45) is 0 Å². The van der Waals surface area contributed by atoms with Crippen LogP contribution in [-0.4, -0.2) is 6.71 Å². The molecular formula is C70H81BN2O. The minimum absolute atomic E-state index is 0.0206. The Kier molecular flexibility index (Phi) is 9.85. The molecule has 0 fully saturated rings. The Bertz CT molecular complexity index is 3540. The van der Waals surface area contributed by atoms with Crippen LogP contribution in [0.1, 0.15) is 207 Å². The van der Waals surface area contributed by atoms with Crippen LogP contribution in [0, 0.1) is 0 Å². The smallest absolute Gasteiger partial charge is 0.257 e. The summed E-state index contributed by atoms with van der Waals surface area (Å²) in [7, 11) is 0. The van der Waals surface area contributed by atoms with E-state index in [9.17, 15) is 0 Å². The first-order valence-corrected chi connectivity index (χ1v) is 28.5. The second-order valence-electron chi connectivity index (χ2n) is 29.6. The molecule has 13 rings (SSSR count). The zero-order valence-corrected chi connectivity index (χ0v) is 47.9. The molecule has 4 heteroatoms. The van der Waals surface area contributed by atoms with E-state index in [2.05, 4.69) is 224 Å². The minimum atomic E-state index is -0.0755. The molecule has 0 N–H and O–H groups in total. The number of benzene rings is 6. The van der Waals surface area contributed by atoms with Gasteiger partial charge in [0, 0.05) is 39.3 Å². The van der Waals surface area contributed by atoms with Gasteiger partial charge in [-0.15, -0.1) is 0 Å². The Balaban J connectivity index is 1.20. The summed E-state index contributed by atoms with van der Waals surface area (Å²) in [6.45, 7) is 39.5. The number of hydrogen-bond acceptors (Lipinski definition) is 3. The van der Waals surface area contributed by atoms with Gasteiger partial charge in [-0.25, -0.2) is 0 Å². The molecule has 0 saturated heterocycles. The van der Waals surface area contributed by atoms with E-state index in [0.717, 1.165) is 43.6 Å². The lowest BCUT2D eigenvalue weighted by Gasteiger charge is -2.47. The second kappa shape index (κ2) is 15.1. The lowest BCUT2D eigenvalue weighted by Crippen LogP contribution is -2.61. The molecule has 74 heavy (non-hydrogen) atoms. The molecular weight excluding hydrogens is 896 g/mol. The topological polar surface area (TPSA) is 19.6 Å². The van der Waals surface area contributed by atoms with Gasteiger partial charge in [-0.1, -0.05) is 159 Å². The van der Waals surface area contributed by atoms with Crippen molar-refractivity contribution < 1.29 is 4.42 Å². The average Bonchev–Trinajstić information content (AvgIpc) is 3.72. The molecule has 2 aliphatic heterocycles. The molecule has 0 bridgehead atoms. The van der Waals surface area contributed by atoms with Crippen molar-refractivity contribution in [1.82, 2.24) is 0 Å². The number of nitrogens with zero attached hydrogens (tertiary/aromatic N) is 2. The van der Waals surface area contributed by atoms with E-state index >= 15 is 0 Å². The van der Waals surface area contributed by atoms with Crippen molar-refractivity contribution in [3.63, 3.8) is 0 Å². The molecule has 0 radical (unpaired) electrons. The van der Waals surface area contributed by atoms with Gasteiger partial charge in [-0.2, -0.15) is 0 Å². The molecule has 0 atom stereocenters. The number of furan rings is 1. The van der Waals surface area contributed by atoms with Crippen LogP contribution in [0.3, 0.4) is 0 Å². The van der Waals surface area contributed by atoms with Gasteiger partial charge in [-0.05, 0) is 216 Å². The summed E-state index contributed by atoms with van der Waals surface area (Å²) in [6, 6.07) is 41.8. The van der Waals surface area contributed by atoms with E-state index in [1.807, 2.05) is 0 Å². The van der Waals surface area contributed by atoms with Crippen molar-refractivity contribution in [1.29, 1.82) is 0 Å². The van der Waals surface area contributed by atoms with Gasteiger partial charge in [0.25, 0.3) is 6.71 Å². The molecule has 1 aromatic heterocycles. The Morgan fingerprint density at radius 1 is 0.351 bits per heavy atom. The fraction of sp³-hybridized carbons (Fsp3) is 0.457. The number of fused-ring (bicyclic) bond motifs is 10. The zero-order valence-electron chi connectivity index (χ0n) is 47.9. The second-order valence-corrected chi connectivity index (χ2v) is 29.6. The normalized spacial score (nSPS) is 22.1. The largest absolute Gasteiger partial charge is 0.440 e. The molecule has 380 valence electrons. The molecule has 4 aliphatic carbocycles. The monoisotopic (exact) mass is 977 g/mol. The third-order valence-corrected chi connectivity index (χ3v) is 20.9. The predicted octanol–water partition coefficient (Wildman–Crippen LogP) is 17.6. The summed E-state index contributed by atoms with van der Waals surface area (Å²) >= 11 is 0. The first-order chi connectivity index (χ1) is 34.6. The third-order valence-electron chi connectivity index (χ3n) is 20.9. The van der Waals surface area contributed by atoms with E-state index in [-0.39, 0.29) is 50.0 Å². The number of rotatable bonds is 3. The van der Waals surface area contributed by atoms with Gasteiger partial charge >= 0.3 is 0 Å². The SMILES string of the molecule is CC1(C)CCC(C)(C)c2cc(N3c4cc5c(cc4B4c6c3cc(-c3ccccc3)cc6N(c3ccc6c(c3)C(C)(C)CCC6(C)C)c3oc6cc7c(cc6c34)C(C)(C)CCC7(C)C)C(C)(C)CCC5(C)C)ccc21. The summed E-state index contributed by atoms with van der Waals surface area (Å²) in [6.07, 6.45) is 9.33. The van der Waals surface area contributed by atoms with Crippen LogP contribution in [0.4, 0.5) is 34.3 Å². The lowest BCUT2D eigenvalue weighted by molar-refractivity contribution is 0.332. The molecule has 3 heterocycles. The average molecular weight is 977 g/mol. The Morgan fingerprint density at radius 3 is 1.26 bits per heavy atom. The molecule has 0 unspecified atom stereocenters. The van der Waals surface area contributed by atoms with Crippen LogP contribution in [0.5, 0.6) is 0 Å².